The first-order chi connectivity index (χ1) is 14.8. The number of hydrogen-bond acceptors (Lipinski definition) is 6. The van der Waals surface area contributed by atoms with Gasteiger partial charge in [0.15, 0.2) is 11.5 Å². The van der Waals surface area contributed by atoms with Crippen LogP contribution in [0.15, 0.2) is 36.7 Å². The summed E-state index contributed by atoms with van der Waals surface area (Å²) in [5.41, 5.74) is 2.66. The molecule has 1 aromatic carbocycles. The summed E-state index contributed by atoms with van der Waals surface area (Å²) in [4.78, 5) is 4.44. The summed E-state index contributed by atoms with van der Waals surface area (Å²) in [6.07, 6.45) is 6.09. The van der Waals surface area contributed by atoms with Crippen LogP contribution in [0.4, 0.5) is 0 Å². The molecular weight excluding hydrogens is 393 g/mol. The molecule has 0 unspecified atom stereocenters. The van der Waals surface area contributed by atoms with Crippen LogP contribution in [0.2, 0.25) is 6.32 Å². The topological polar surface area (TPSA) is 70.0 Å². The quantitative estimate of drug-likeness (QED) is 0.585. The fourth-order valence-electron chi connectivity index (χ4n) is 4.10. The molecule has 0 amide bonds. The van der Waals surface area contributed by atoms with Gasteiger partial charge in [-0.25, -0.2) is 0 Å². The largest absolute Gasteiger partial charge is 0.493 e. The van der Waals surface area contributed by atoms with Crippen LogP contribution >= 0.6 is 0 Å². The highest BCUT2D eigenvalue weighted by molar-refractivity contribution is 6.45. The zero-order chi connectivity index (χ0) is 22.4. The lowest BCUT2D eigenvalue weighted by molar-refractivity contribution is -0.0297. The van der Waals surface area contributed by atoms with Crippen molar-refractivity contribution in [3.63, 3.8) is 0 Å². The van der Waals surface area contributed by atoms with E-state index in [4.69, 9.17) is 18.8 Å². The normalized spacial score (nSPS) is 19.2. The summed E-state index contributed by atoms with van der Waals surface area (Å²) in [7, 11) is 1.29. The number of benzene rings is 1. The van der Waals surface area contributed by atoms with Gasteiger partial charge in [0.05, 0.1) is 19.3 Å². The maximum absolute atomic E-state index is 10.1. The first-order valence-electron chi connectivity index (χ1n) is 11.1. The van der Waals surface area contributed by atoms with E-state index in [-0.39, 0.29) is 31.3 Å². The van der Waals surface area contributed by atoms with E-state index in [1.807, 2.05) is 24.4 Å². The Morgan fingerprint density at radius 2 is 2.03 bits per heavy atom. The average Bonchev–Trinajstić information content (AvgIpc) is 2.74. The van der Waals surface area contributed by atoms with Crippen molar-refractivity contribution in [3.8, 4) is 22.6 Å². The van der Waals surface area contributed by atoms with Gasteiger partial charge in [-0.1, -0.05) is 13.0 Å². The third kappa shape index (κ3) is 6.22. The molecule has 1 fully saturated rings. The van der Waals surface area contributed by atoms with Crippen molar-refractivity contribution in [2.45, 2.75) is 64.5 Å². The molecule has 1 saturated heterocycles. The number of hydrogen-bond donors (Lipinski definition) is 1. The molecule has 0 bridgehead atoms. The van der Waals surface area contributed by atoms with Gasteiger partial charge in [-0.05, 0) is 69.3 Å². The van der Waals surface area contributed by atoms with Crippen molar-refractivity contribution in [1.29, 1.82) is 0 Å². The van der Waals surface area contributed by atoms with Crippen molar-refractivity contribution >= 4 is 7.12 Å². The van der Waals surface area contributed by atoms with Gasteiger partial charge in [-0.3, -0.25) is 4.98 Å². The minimum Gasteiger partial charge on any atom is -0.493 e. The van der Waals surface area contributed by atoms with Crippen molar-refractivity contribution in [1.82, 2.24) is 4.98 Å². The van der Waals surface area contributed by atoms with Gasteiger partial charge in [0, 0.05) is 36.6 Å². The molecule has 1 aromatic heterocycles. The first kappa shape index (κ1) is 23.6. The monoisotopic (exact) mass is 427 g/mol. The molecule has 1 N–H and O–H groups in total. The van der Waals surface area contributed by atoms with E-state index in [1.54, 1.807) is 13.3 Å². The molecule has 2 atom stereocenters. The maximum Gasteiger partial charge on any atom is 0.458 e. The standard InChI is InChI=1S/C24H34BNO5/c1-6-9-29-23-11-18(7-8-22(23)28-5)19-10-20(15-26-14-19)21(16-27)13-25-30-17(2)12-24(3,4)31-25/h7-8,10-11,14-15,17,21,27H,6,9,12-13,16H2,1-5H3/t17-,21-/m0/s1. The molecule has 168 valence electrons. The zero-order valence-electron chi connectivity index (χ0n) is 19.3. The van der Waals surface area contributed by atoms with E-state index in [2.05, 4.69) is 38.7 Å². The summed E-state index contributed by atoms with van der Waals surface area (Å²) >= 11 is 0. The number of ether oxygens (including phenoxy) is 2. The molecule has 0 aliphatic carbocycles. The second-order valence-electron chi connectivity index (χ2n) is 8.79. The molecule has 2 heterocycles. The van der Waals surface area contributed by atoms with Crippen LogP contribution in [0, 0.1) is 0 Å². The summed E-state index contributed by atoms with van der Waals surface area (Å²) in [6, 6.07) is 7.94. The molecule has 3 rings (SSSR count). The Labute approximate surface area is 186 Å². The molecular formula is C24H34BNO5. The predicted octanol–water partition coefficient (Wildman–Crippen LogP) is 4.71. The molecule has 31 heavy (non-hydrogen) atoms. The van der Waals surface area contributed by atoms with Crippen molar-refractivity contribution in [2.24, 2.45) is 0 Å². The van der Waals surface area contributed by atoms with E-state index in [1.165, 1.54) is 0 Å². The Hall–Kier alpha value is -2.09. The summed E-state index contributed by atoms with van der Waals surface area (Å²) < 4.78 is 23.4. The zero-order valence-corrected chi connectivity index (χ0v) is 19.3. The smallest absolute Gasteiger partial charge is 0.458 e. The lowest BCUT2D eigenvalue weighted by Crippen LogP contribution is -2.46. The maximum atomic E-state index is 10.1. The van der Waals surface area contributed by atoms with Crippen LogP contribution in [-0.2, 0) is 9.31 Å². The van der Waals surface area contributed by atoms with Gasteiger partial charge < -0.3 is 23.9 Å². The number of rotatable bonds is 9. The summed E-state index contributed by atoms with van der Waals surface area (Å²) in [6.45, 7) is 8.92. The predicted molar refractivity (Wildman–Crippen MR) is 123 cm³/mol. The molecule has 0 spiro atoms. The third-order valence-electron chi connectivity index (χ3n) is 5.50. The molecule has 2 aromatic rings. The van der Waals surface area contributed by atoms with Gasteiger partial charge in [-0.15, -0.1) is 0 Å². The van der Waals surface area contributed by atoms with E-state index in [0.29, 0.717) is 24.4 Å². The number of aliphatic hydroxyl groups excluding tert-OH is 1. The van der Waals surface area contributed by atoms with Crippen LogP contribution in [0.5, 0.6) is 11.5 Å². The first-order valence-corrected chi connectivity index (χ1v) is 11.1. The summed E-state index contributed by atoms with van der Waals surface area (Å²) in [5.74, 6) is 1.29. The second kappa shape index (κ2) is 10.5. The number of pyridine rings is 1. The van der Waals surface area contributed by atoms with E-state index >= 15 is 0 Å². The average molecular weight is 427 g/mol. The van der Waals surface area contributed by atoms with Crippen LogP contribution in [0.3, 0.4) is 0 Å². The highest BCUT2D eigenvalue weighted by Crippen LogP contribution is 2.35. The highest BCUT2D eigenvalue weighted by atomic mass is 16.6. The Kier molecular flexibility index (Phi) is 7.97. The highest BCUT2D eigenvalue weighted by Gasteiger charge is 2.38. The van der Waals surface area contributed by atoms with Gasteiger partial charge >= 0.3 is 7.12 Å². The van der Waals surface area contributed by atoms with Crippen molar-refractivity contribution in [2.75, 3.05) is 20.3 Å². The minimum atomic E-state index is -0.352. The van der Waals surface area contributed by atoms with Crippen molar-refractivity contribution < 1.29 is 23.9 Å². The fraction of sp³-hybridized carbons (Fsp3) is 0.542. The van der Waals surface area contributed by atoms with Gasteiger partial charge in [0.2, 0.25) is 0 Å². The molecule has 6 nitrogen and oxygen atoms in total. The SMILES string of the molecule is CCCOc1cc(-c2cncc([C@H](CO)CB3O[C@@H](C)CC(C)(C)O3)c2)ccc1OC. The lowest BCUT2D eigenvalue weighted by Gasteiger charge is -2.39. The van der Waals surface area contributed by atoms with Crippen LogP contribution in [-0.4, -0.2) is 49.2 Å². The molecule has 7 heteroatoms. The Morgan fingerprint density at radius 1 is 1.23 bits per heavy atom. The van der Waals surface area contributed by atoms with Crippen LogP contribution < -0.4 is 9.47 Å². The number of aromatic nitrogens is 1. The van der Waals surface area contributed by atoms with Crippen LogP contribution in [0.25, 0.3) is 11.1 Å². The van der Waals surface area contributed by atoms with Gasteiger partial charge in [0.25, 0.3) is 0 Å². The Morgan fingerprint density at radius 3 is 2.71 bits per heavy atom. The molecule has 0 radical (unpaired) electrons. The Balaban J connectivity index is 1.81. The minimum absolute atomic E-state index is 0.00334. The fourth-order valence-corrected chi connectivity index (χ4v) is 4.10. The molecule has 0 saturated carbocycles. The van der Waals surface area contributed by atoms with E-state index < -0.39 is 0 Å². The second-order valence-corrected chi connectivity index (χ2v) is 8.79. The number of aliphatic hydroxyl groups is 1. The van der Waals surface area contributed by atoms with E-state index in [0.717, 1.165) is 29.5 Å². The lowest BCUT2D eigenvalue weighted by atomic mass is 9.72. The number of nitrogens with zero attached hydrogens (tertiary/aromatic N) is 1. The van der Waals surface area contributed by atoms with Crippen molar-refractivity contribution in [3.05, 3.63) is 42.2 Å². The molecule has 1 aliphatic heterocycles. The van der Waals surface area contributed by atoms with Gasteiger partial charge in [-0.2, -0.15) is 0 Å². The third-order valence-corrected chi connectivity index (χ3v) is 5.50. The summed E-state index contributed by atoms with van der Waals surface area (Å²) in [5, 5.41) is 10.1. The van der Waals surface area contributed by atoms with Gasteiger partial charge in [0.1, 0.15) is 0 Å². The van der Waals surface area contributed by atoms with E-state index in [9.17, 15) is 5.11 Å². The van der Waals surface area contributed by atoms with Crippen LogP contribution in [0.1, 0.15) is 52.0 Å². The number of methoxy groups -OCH3 is 1. The molecule has 1 aliphatic rings. The Bertz CT molecular complexity index is 860.